The predicted octanol–water partition coefficient (Wildman–Crippen LogP) is 0.145. The van der Waals surface area contributed by atoms with Crippen molar-refractivity contribution in [3.05, 3.63) is 24.3 Å². The van der Waals surface area contributed by atoms with Crippen LogP contribution in [-0.2, 0) is 20.0 Å². The van der Waals surface area contributed by atoms with Crippen LogP contribution in [0.25, 0.3) is 0 Å². The van der Waals surface area contributed by atoms with Crippen molar-refractivity contribution < 1.29 is 16.8 Å². The molecule has 1 saturated carbocycles. The van der Waals surface area contributed by atoms with Crippen LogP contribution in [0.4, 0.5) is 0 Å². The lowest BCUT2D eigenvalue weighted by Crippen LogP contribution is -2.51. The van der Waals surface area contributed by atoms with Gasteiger partial charge in [-0.15, -0.1) is 0 Å². The standard InChI is InChI=1S/C13H21N3O4S2/c1-15-21(17,18)11-4-6-12(7-5-11)22(19,20)16-13(10-14)8-2-3-9-13/h4-7,15-16H,2-3,8-10,14H2,1H3. The van der Waals surface area contributed by atoms with E-state index in [-0.39, 0.29) is 16.3 Å². The molecule has 1 aromatic rings. The quantitative estimate of drug-likeness (QED) is 0.677. The van der Waals surface area contributed by atoms with E-state index in [9.17, 15) is 16.8 Å². The van der Waals surface area contributed by atoms with Crippen molar-refractivity contribution in [2.45, 2.75) is 41.0 Å². The zero-order valence-corrected chi connectivity index (χ0v) is 14.0. The van der Waals surface area contributed by atoms with Gasteiger partial charge in [0, 0.05) is 12.1 Å². The second kappa shape index (κ2) is 6.25. The molecule has 22 heavy (non-hydrogen) atoms. The summed E-state index contributed by atoms with van der Waals surface area (Å²) in [7, 11) is -6.01. The highest BCUT2D eigenvalue weighted by Crippen LogP contribution is 2.30. The van der Waals surface area contributed by atoms with E-state index in [2.05, 4.69) is 9.44 Å². The molecule has 1 aromatic carbocycles. The highest BCUT2D eigenvalue weighted by Gasteiger charge is 2.36. The van der Waals surface area contributed by atoms with Gasteiger partial charge in [-0.25, -0.2) is 26.3 Å². The summed E-state index contributed by atoms with van der Waals surface area (Å²) in [6.07, 6.45) is 3.32. The molecule has 7 nitrogen and oxygen atoms in total. The van der Waals surface area contributed by atoms with Gasteiger partial charge in [0.05, 0.1) is 9.79 Å². The molecule has 0 heterocycles. The summed E-state index contributed by atoms with van der Waals surface area (Å²) in [6.45, 7) is 0.248. The molecule has 1 fully saturated rings. The van der Waals surface area contributed by atoms with Crippen LogP contribution in [0.5, 0.6) is 0 Å². The fourth-order valence-corrected chi connectivity index (χ4v) is 4.86. The summed E-state index contributed by atoms with van der Waals surface area (Å²) >= 11 is 0. The topological polar surface area (TPSA) is 118 Å². The Hall–Kier alpha value is -1.00. The number of nitrogens with one attached hydrogen (secondary N) is 2. The second-order valence-electron chi connectivity index (χ2n) is 5.48. The lowest BCUT2D eigenvalue weighted by molar-refractivity contribution is 0.399. The largest absolute Gasteiger partial charge is 0.329 e. The summed E-state index contributed by atoms with van der Waals surface area (Å²) < 4.78 is 53.1. The number of hydrogen-bond donors (Lipinski definition) is 3. The fourth-order valence-electron chi connectivity index (χ4n) is 2.66. The molecule has 0 bridgehead atoms. The van der Waals surface area contributed by atoms with Crippen molar-refractivity contribution in [3.8, 4) is 0 Å². The first kappa shape index (κ1) is 17.4. The average Bonchev–Trinajstić information content (AvgIpc) is 2.96. The van der Waals surface area contributed by atoms with Gasteiger partial charge >= 0.3 is 0 Å². The van der Waals surface area contributed by atoms with E-state index >= 15 is 0 Å². The van der Waals surface area contributed by atoms with Gasteiger partial charge in [0.2, 0.25) is 20.0 Å². The van der Waals surface area contributed by atoms with Crippen LogP contribution < -0.4 is 15.2 Å². The van der Waals surface area contributed by atoms with Gasteiger partial charge in [-0.05, 0) is 44.2 Å². The van der Waals surface area contributed by atoms with Crippen LogP contribution in [-0.4, -0.2) is 36.0 Å². The molecule has 1 aliphatic rings. The minimum atomic E-state index is -3.73. The first-order valence-electron chi connectivity index (χ1n) is 7.02. The SMILES string of the molecule is CNS(=O)(=O)c1ccc(S(=O)(=O)NC2(CN)CCCC2)cc1. The Morgan fingerprint density at radius 1 is 1.00 bits per heavy atom. The van der Waals surface area contributed by atoms with Crippen molar-refractivity contribution in [3.63, 3.8) is 0 Å². The number of nitrogens with two attached hydrogens (primary N) is 1. The van der Waals surface area contributed by atoms with Crippen molar-refractivity contribution in [1.82, 2.24) is 9.44 Å². The first-order chi connectivity index (χ1) is 10.2. The highest BCUT2D eigenvalue weighted by atomic mass is 32.2. The molecular weight excluding hydrogens is 326 g/mol. The lowest BCUT2D eigenvalue weighted by atomic mass is 10.0. The van der Waals surface area contributed by atoms with Crippen molar-refractivity contribution >= 4 is 20.0 Å². The molecule has 0 amide bonds. The van der Waals surface area contributed by atoms with Crippen LogP contribution in [0, 0.1) is 0 Å². The Kier molecular flexibility index (Phi) is 4.93. The average molecular weight is 347 g/mol. The van der Waals surface area contributed by atoms with E-state index in [0.29, 0.717) is 0 Å². The van der Waals surface area contributed by atoms with E-state index < -0.39 is 25.6 Å². The molecule has 0 unspecified atom stereocenters. The molecule has 4 N–H and O–H groups in total. The minimum Gasteiger partial charge on any atom is -0.329 e. The summed E-state index contributed by atoms with van der Waals surface area (Å²) in [4.78, 5) is 0.0469. The third kappa shape index (κ3) is 3.49. The maximum absolute atomic E-state index is 12.5. The Bertz CT molecular complexity index is 721. The maximum atomic E-state index is 12.5. The fraction of sp³-hybridized carbons (Fsp3) is 0.538. The van der Waals surface area contributed by atoms with Gasteiger partial charge in [-0.3, -0.25) is 0 Å². The third-order valence-electron chi connectivity index (χ3n) is 4.02. The smallest absolute Gasteiger partial charge is 0.241 e. The van der Waals surface area contributed by atoms with Crippen LogP contribution in [0.3, 0.4) is 0 Å². The molecule has 0 aromatic heterocycles. The number of hydrogen-bond acceptors (Lipinski definition) is 5. The minimum absolute atomic E-state index is 0.0170. The van der Waals surface area contributed by atoms with Gasteiger partial charge in [0.1, 0.15) is 0 Å². The molecule has 1 aliphatic carbocycles. The number of rotatable bonds is 6. The van der Waals surface area contributed by atoms with Crippen molar-refractivity contribution in [2.75, 3.05) is 13.6 Å². The lowest BCUT2D eigenvalue weighted by Gasteiger charge is -2.28. The Labute approximate surface area is 131 Å². The summed E-state index contributed by atoms with van der Waals surface area (Å²) in [5.74, 6) is 0. The Morgan fingerprint density at radius 3 is 1.86 bits per heavy atom. The first-order valence-corrected chi connectivity index (χ1v) is 9.99. The summed E-state index contributed by atoms with van der Waals surface area (Å²) in [6, 6.07) is 5.10. The van der Waals surface area contributed by atoms with E-state index in [0.717, 1.165) is 25.7 Å². The van der Waals surface area contributed by atoms with E-state index in [1.54, 1.807) is 0 Å². The Morgan fingerprint density at radius 2 is 1.45 bits per heavy atom. The zero-order chi connectivity index (χ0) is 16.4. The van der Waals surface area contributed by atoms with Crippen molar-refractivity contribution in [2.24, 2.45) is 5.73 Å². The third-order valence-corrected chi connectivity index (χ3v) is 7.04. The van der Waals surface area contributed by atoms with Gasteiger partial charge in [0.15, 0.2) is 0 Å². The summed E-state index contributed by atoms with van der Waals surface area (Å²) in [5, 5.41) is 0. The van der Waals surface area contributed by atoms with E-state index in [1.165, 1.54) is 31.3 Å². The highest BCUT2D eigenvalue weighted by molar-refractivity contribution is 7.90. The predicted molar refractivity (Wildman–Crippen MR) is 83.3 cm³/mol. The summed E-state index contributed by atoms with van der Waals surface area (Å²) in [5.41, 5.74) is 5.15. The van der Waals surface area contributed by atoms with Crippen LogP contribution in [0.15, 0.2) is 34.1 Å². The van der Waals surface area contributed by atoms with Gasteiger partial charge in [-0.1, -0.05) is 12.8 Å². The molecule has 9 heteroatoms. The molecular formula is C13H21N3O4S2. The second-order valence-corrected chi connectivity index (χ2v) is 9.04. The van der Waals surface area contributed by atoms with Gasteiger partial charge < -0.3 is 5.73 Å². The molecule has 124 valence electrons. The monoisotopic (exact) mass is 347 g/mol. The number of sulfonamides is 2. The normalized spacial score (nSPS) is 18.5. The zero-order valence-electron chi connectivity index (χ0n) is 12.4. The van der Waals surface area contributed by atoms with Crippen LogP contribution in [0.2, 0.25) is 0 Å². The molecule has 0 saturated heterocycles. The van der Waals surface area contributed by atoms with Crippen molar-refractivity contribution in [1.29, 1.82) is 0 Å². The molecule has 0 aliphatic heterocycles. The molecule has 0 spiro atoms. The Balaban J connectivity index is 2.27. The van der Waals surface area contributed by atoms with Crippen LogP contribution >= 0.6 is 0 Å². The molecule has 0 radical (unpaired) electrons. The maximum Gasteiger partial charge on any atom is 0.241 e. The van der Waals surface area contributed by atoms with Crippen LogP contribution in [0.1, 0.15) is 25.7 Å². The van der Waals surface area contributed by atoms with E-state index in [4.69, 9.17) is 5.73 Å². The molecule has 2 rings (SSSR count). The number of benzene rings is 1. The van der Waals surface area contributed by atoms with Gasteiger partial charge in [0.25, 0.3) is 0 Å². The molecule has 0 atom stereocenters. The van der Waals surface area contributed by atoms with E-state index in [1.807, 2.05) is 0 Å². The van der Waals surface area contributed by atoms with Gasteiger partial charge in [-0.2, -0.15) is 0 Å².